The van der Waals surface area contributed by atoms with Gasteiger partial charge in [0.15, 0.2) is 0 Å². The second-order valence-corrected chi connectivity index (χ2v) is 3.99. The molecule has 1 amide bonds. The second kappa shape index (κ2) is 5.32. The molecule has 4 heteroatoms. The third-order valence-electron chi connectivity index (χ3n) is 2.74. The smallest absolute Gasteiger partial charge is 0.222 e. The summed E-state index contributed by atoms with van der Waals surface area (Å²) in [6, 6.07) is 0.216. The minimum Gasteiger partial charge on any atom is -0.336 e. The molecule has 0 bridgehead atoms. The maximum Gasteiger partial charge on any atom is 0.222 e. The van der Waals surface area contributed by atoms with Crippen molar-refractivity contribution in [2.75, 3.05) is 33.2 Å². The lowest BCUT2D eigenvalue weighted by atomic mass is 10.1. The lowest BCUT2D eigenvalue weighted by Crippen LogP contribution is -2.56. The van der Waals surface area contributed by atoms with Gasteiger partial charge in [-0.2, -0.15) is 0 Å². The van der Waals surface area contributed by atoms with Crippen molar-refractivity contribution >= 4 is 5.91 Å². The molecular formula is C10H21N3O. The van der Waals surface area contributed by atoms with Gasteiger partial charge in [0.25, 0.3) is 0 Å². The van der Waals surface area contributed by atoms with Gasteiger partial charge in [-0.05, 0) is 13.5 Å². The third-order valence-corrected chi connectivity index (χ3v) is 2.74. The summed E-state index contributed by atoms with van der Waals surface area (Å²) in [6.45, 7) is 5.31. The van der Waals surface area contributed by atoms with E-state index in [1.807, 2.05) is 11.8 Å². The highest BCUT2D eigenvalue weighted by Gasteiger charge is 2.26. The minimum atomic E-state index is 0.216. The summed E-state index contributed by atoms with van der Waals surface area (Å²) in [4.78, 5) is 15.9. The van der Waals surface area contributed by atoms with Crippen LogP contribution in [0.2, 0.25) is 0 Å². The van der Waals surface area contributed by atoms with Crippen molar-refractivity contribution in [3.05, 3.63) is 0 Å². The van der Waals surface area contributed by atoms with Gasteiger partial charge >= 0.3 is 0 Å². The fourth-order valence-electron chi connectivity index (χ4n) is 1.90. The predicted octanol–water partition coefficient (Wildman–Crippen LogP) is -0.112. The van der Waals surface area contributed by atoms with Crippen LogP contribution in [0.15, 0.2) is 0 Å². The topological polar surface area (TPSA) is 49.6 Å². The maximum absolute atomic E-state index is 11.7. The molecule has 1 unspecified atom stereocenters. The van der Waals surface area contributed by atoms with Crippen LogP contribution < -0.4 is 5.73 Å². The Balaban J connectivity index is 2.53. The molecule has 82 valence electrons. The van der Waals surface area contributed by atoms with Crippen LogP contribution in [0.3, 0.4) is 0 Å². The first-order valence-electron chi connectivity index (χ1n) is 5.37. The van der Waals surface area contributed by atoms with E-state index in [1.165, 1.54) is 0 Å². The molecule has 4 nitrogen and oxygen atoms in total. The average molecular weight is 199 g/mol. The van der Waals surface area contributed by atoms with Crippen LogP contribution in [-0.4, -0.2) is 55.0 Å². The molecule has 0 aliphatic carbocycles. The van der Waals surface area contributed by atoms with Crippen LogP contribution >= 0.6 is 0 Å². The van der Waals surface area contributed by atoms with Crippen molar-refractivity contribution in [3.63, 3.8) is 0 Å². The Morgan fingerprint density at radius 2 is 2.21 bits per heavy atom. The summed E-state index contributed by atoms with van der Waals surface area (Å²) in [7, 11) is 2.07. The van der Waals surface area contributed by atoms with Crippen molar-refractivity contribution in [3.8, 4) is 0 Å². The van der Waals surface area contributed by atoms with Gasteiger partial charge in [-0.15, -0.1) is 0 Å². The Labute approximate surface area is 86.0 Å². The Morgan fingerprint density at radius 3 is 2.79 bits per heavy atom. The normalized spacial score (nSPS) is 23.9. The molecule has 1 heterocycles. The minimum absolute atomic E-state index is 0.216. The summed E-state index contributed by atoms with van der Waals surface area (Å²) in [5.74, 6) is 0.260. The van der Waals surface area contributed by atoms with Crippen molar-refractivity contribution in [1.82, 2.24) is 9.80 Å². The average Bonchev–Trinajstić information content (AvgIpc) is 2.17. The zero-order chi connectivity index (χ0) is 10.6. The Morgan fingerprint density at radius 1 is 1.50 bits per heavy atom. The Bertz CT molecular complexity index is 196. The first kappa shape index (κ1) is 11.5. The molecule has 0 aromatic rings. The van der Waals surface area contributed by atoms with Crippen molar-refractivity contribution in [1.29, 1.82) is 0 Å². The Hall–Kier alpha value is -0.610. The molecule has 1 aliphatic rings. The van der Waals surface area contributed by atoms with E-state index >= 15 is 0 Å². The standard InChI is InChI=1S/C10H21N3O/c1-3-4-10(14)13-6-5-12(2)8-9(13)7-11/h9H,3-8,11H2,1-2H3. The summed E-state index contributed by atoms with van der Waals surface area (Å²) in [5.41, 5.74) is 5.67. The van der Waals surface area contributed by atoms with Gasteiger partial charge in [0, 0.05) is 32.6 Å². The molecule has 1 rings (SSSR count). The summed E-state index contributed by atoms with van der Waals surface area (Å²) in [5, 5.41) is 0. The van der Waals surface area contributed by atoms with E-state index in [4.69, 9.17) is 5.73 Å². The van der Waals surface area contributed by atoms with Crippen LogP contribution in [0.1, 0.15) is 19.8 Å². The number of piperazine rings is 1. The number of hydrogen-bond acceptors (Lipinski definition) is 3. The van der Waals surface area contributed by atoms with E-state index in [1.54, 1.807) is 0 Å². The van der Waals surface area contributed by atoms with Crippen LogP contribution in [0, 0.1) is 0 Å². The molecule has 0 spiro atoms. The molecule has 2 N–H and O–H groups in total. The quantitative estimate of drug-likeness (QED) is 0.690. The van der Waals surface area contributed by atoms with E-state index in [-0.39, 0.29) is 11.9 Å². The molecular weight excluding hydrogens is 178 g/mol. The molecule has 0 aromatic heterocycles. The van der Waals surface area contributed by atoms with Gasteiger partial charge in [0.2, 0.25) is 5.91 Å². The Kier molecular flexibility index (Phi) is 4.35. The van der Waals surface area contributed by atoms with Gasteiger partial charge < -0.3 is 15.5 Å². The van der Waals surface area contributed by atoms with Gasteiger partial charge in [-0.3, -0.25) is 4.79 Å². The molecule has 1 saturated heterocycles. The molecule has 0 aromatic carbocycles. The SMILES string of the molecule is CCCC(=O)N1CCN(C)CC1CN. The highest BCUT2D eigenvalue weighted by molar-refractivity contribution is 5.76. The molecule has 1 fully saturated rings. The van der Waals surface area contributed by atoms with Crippen molar-refractivity contribution < 1.29 is 4.79 Å². The van der Waals surface area contributed by atoms with Gasteiger partial charge in [0.1, 0.15) is 0 Å². The number of carbonyl (C=O) groups is 1. The van der Waals surface area contributed by atoms with Gasteiger partial charge in [-0.1, -0.05) is 6.92 Å². The largest absolute Gasteiger partial charge is 0.336 e. The van der Waals surface area contributed by atoms with E-state index in [0.717, 1.165) is 26.1 Å². The number of hydrogen-bond donors (Lipinski definition) is 1. The lowest BCUT2D eigenvalue weighted by molar-refractivity contribution is -0.135. The van der Waals surface area contributed by atoms with E-state index < -0.39 is 0 Å². The number of nitrogens with two attached hydrogens (primary N) is 1. The fraction of sp³-hybridized carbons (Fsp3) is 0.900. The summed E-state index contributed by atoms with van der Waals surface area (Å²) < 4.78 is 0. The number of carbonyl (C=O) groups excluding carboxylic acids is 1. The molecule has 0 radical (unpaired) electrons. The highest BCUT2D eigenvalue weighted by atomic mass is 16.2. The predicted molar refractivity (Wildman–Crippen MR) is 57.0 cm³/mol. The molecule has 0 saturated carbocycles. The second-order valence-electron chi connectivity index (χ2n) is 3.99. The number of nitrogens with zero attached hydrogens (tertiary/aromatic N) is 2. The highest BCUT2D eigenvalue weighted by Crippen LogP contribution is 2.09. The fourth-order valence-corrected chi connectivity index (χ4v) is 1.90. The first-order chi connectivity index (χ1) is 6.69. The number of rotatable bonds is 3. The number of likely N-dealkylation sites (N-methyl/N-ethyl adjacent to an activating group) is 1. The zero-order valence-electron chi connectivity index (χ0n) is 9.20. The molecule has 1 atom stereocenters. The lowest BCUT2D eigenvalue weighted by Gasteiger charge is -2.39. The van der Waals surface area contributed by atoms with E-state index in [2.05, 4.69) is 11.9 Å². The zero-order valence-corrected chi connectivity index (χ0v) is 9.20. The van der Waals surface area contributed by atoms with E-state index in [0.29, 0.717) is 13.0 Å². The molecule has 1 aliphatic heterocycles. The van der Waals surface area contributed by atoms with Gasteiger partial charge in [0.05, 0.1) is 6.04 Å². The first-order valence-corrected chi connectivity index (χ1v) is 5.37. The van der Waals surface area contributed by atoms with Gasteiger partial charge in [-0.25, -0.2) is 0 Å². The summed E-state index contributed by atoms with van der Waals surface area (Å²) in [6.07, 6.45) is 1.57. The third kappa shape index (κ3) is 2.69. The number of amides is 1. The summed E-state index contributed by atoms with van der Waals surface area (Å²) >= 11 is 0. The van der Waals surface area contributed by atoms with Crippen molar-refractivity contribution in [2.45, 2.75) is 25.8 Å². The van der Waals surface area contributed by atoms with Crippen LogP contribution in [0.25, 0.3) is 0 Å². The maximum atomic E-state index is 11.7. The van der Waals surface area contributed by atoms with Crippen LogP contribution in [0.5, 0.6) is 0 Å². The van der Waals surface area contributed by atoms with E-state index in [9.17, 15) is 4.79 Å². The van der Waals surface area contributed by atoms with Crippen LogP contribution in [0.4, 0.5) is 0 Å². The van der Waals surface area contributed by atoms with Crippen molar-refractivity contribution in [2.24, 2.45) is 5.73 Å². The van der Waals surface area contributed by atoms with Crippen LogP contribution in [-0.2, 0) is 4.79 Å². The monoisotopic (exact) mass is 199 g/mol. The molecule has 14 heavy (non-hydrogen) atoms.